The lowest BCUT2D eigenvalue weighted by Gasteiger charge is -2.57. The molecule has 3 aliphatic carbocycles. The number of ketones is 1. The predicted molar refractivity (Wildman–Crippen MR) is 79.2 cm³/mol. The topological polar surface area (TPSA) is 55.8 Å². The minimum Gasteiger partial charge on any atom is -0.493 e. The maximum absolute atomic E-state index is 12.5. The average molecular weight is 298 g/mol. The third-order valence-electron chi connectivity index (χ3n) is 6.24. The lowest BCUT2D eigenvalue weighted by atomic mass is 9.47. The number of carbonyl (C=O) groups excluding carboxylic acids is 1. The van der Waals surface area contributed by atoms with E-state index in [9.17, 15) is 9.90 Å². The number of methoxy groups -OCH3 is 1. The third kappa shape index (κ3) is 1.12. The van der Waals surface area contributed by atoms with Crippen molar-refractivity contribution < 1.29 is 19.4 Å². The Labute approximate surface area is 128 Å². The highest BCUT2D eigenvalue weighted by molar-refractivity contribution is 5.98. The summed E-state index contributed by atoms with van der Waals surface area (Å²) < 4.78 is 11.5. The second kappa shape index (κ2) is 3.74. The maximum Gasteiger partial charge on any atom is 0.196 e. The van der Waals surface area contributed by atoms with Gasteiger partial charge in [0.15, 0.2) is 23.4 Å². The molecule has 1 aromatic carbocycles. The smallest absolute Gasteiger partial charge is 0.196 e. The Morgan fingerprint density at radius 1 is 1.41 bits per heavy atom. The summed E-state index contributed by atoms with van der Waals surface area (Å²) in [5.74, 6) is 1.43. The van der Waals surface area contributed by atoms with Gasteiger partial charge in [0.2, 0.25) is 0 Å². The van der Waals surface area contributed by atoms with Crippen LogP contribution in [0.4, 0.5) is 0 Å². The summed E-state index contributed by atoms with van der Waals surface area (Å²) in [6.07, 6.45) is 6.28. The first-order valence-electron chi connectivity index (χ1n) is 7.94. The molecule has 1 aromatic rings. The largest absolute Gasteiger partial charge is 0.493 e. The molecule has 1 fully saturated rings. The average Bonchev–Trinajstić information content (AvgIpc) is 2.85. The monoisotopic (exact) mass is 298 g/mol. The molecule has 4 nitrogen and oxygen atoms in total. The van der Waals surface area contributed by atoms with E-state index in [2.05, 4.69) is 6.07 Å². The van der Waals surface area contributed by atoms with Gasteiger partial charge in [0.05, 0.1) is 12.5 Å². The van der Waals surface area contributed by atoms with Crippen LogP contribution >= 0.6 is 0 Å². The van der Waals surface area contributed by atoms with Gasteiger partial charge < -0.3 is 14.6 Å². The molecule has 1 aliphatic heterocycles. The summed E-state index contributed by atoms with van der Waals surface area (Å²) in [5.41, 5.74) is 0.622. The minimum absolute atomic E-state index is 0.0450. The van der Waals surface area contributed by atoms with E-state index in [-0.39, 0.29) is 11.7 Å². The number of aliphatic hydroxyl groups is 1. The normalized spacial score (nSPS) is 40.2. The molecule has 4 atom stereocenters. The highest BCUT2D eigenvalue weighted by atomic mass is 16.5. The Balaban J connectivity index is 1.90. The number of rotatable bonds is 1. The van der Waals surface area contributed by atoms with Gasteiger partial charge in [-0.3, -0.25) is 4.79 Å². The molecule has 0 aromatic heterocycles. The van der Waals surface area contributed by atoms with Crippen molar-refractivity contribution in [1.29, 1.82) is 0 Å². The van der Waals surface area contributed by atoms with Gasteiger partial charge in [-0.1, -0.05) is 12.5 Å². The Bertz CT molecular complexity index is 737. The van der Waals surface area contributed by atoms with Gasteiger partial charge in [0.25, 0.3) is 0 Å². The highest BCUT2D eigenvalue weighted by Crippen LogP contribution is 2.65. The molecule has 0 saturated heterocycles. The summed E-state index contributed by atoms with van der Waals surface area (Å²) in [5, 5.41) is 11.5. The van der Waals surface area contributed by atoms with Gasteiger partial charge in [0.1, 0.15) is 5.60 Å². The standard InChI is InChI=1S/C18H18O4/c1-21-13-5-4-10-9-11-3-2-7-17-14(10)15(13)22-16(17)12(19)6-8-18(11,17)20/h4-6,8,11,16,20H,2-3,7,9H2,1H3/t11-,16+,17?,18?/m1/s1. The zero-order valence-electron chi connectivity index (χ0n) is 12.5. The summed E-state index contributed by atoms with van der Waals surface area (Å²) in [6, 6.07) is 3.99. The SMILES string of the molecule is COc1ccc2c3c1O[C@H]1C(=O)C=CC4(O)[C@H](CCCC314)C2. The maximum atomic E-state index is 12.5. The van der Waals surface area contributed by atoms with Crippen molar-refractivity contribution in [2.45, 2.75) is 42.8 Å². The first-order chi connectivity index (χ1) is 10.6. The van der Waals surface area contributed by atoms with Gasteiger partial charge in [-0.05, 0) is 49.0 Å². The van der Waals surface area contributed by atoms with Gasteiger partial charge in [-0.2, -0.15) is 0 Å². The summed E-state index contributed by atoms with van der Waals surface area (Å²) in [6.45, 7) is 0. The van der Waals surface area contributed by atoms with Crippen molar-refractivity contribution in [3.63, 3.8) is 0 Å². The quantitative estimate of drug-likeness (QED) is 0.860. The summed E-state index contributed by atoms with van der Waals surface area (Å²) in [4.78, 5) is 12.5. The van der Waals surface area contributed by atoms with E-state index in [4.69, 9.17) is 9.47 Å². The van der Waals surface area contributed by atoms with Crippen LogP contribution in [0.5, 0.6) is 11.5 Å². The lowest BCUT2D eigenvalue weighted by Crippen LogP contribution is -2.68. The zero-order valence-corrected chi connectivity index (χ0v) is 12.5. The van der Waals surface area contributed by atoms with Gasteiger partial charge >= 0.3 is 0 Å². The molecule has 1 N–H and O–H groups in total. The lowest BCUT2D eigenvalue weighted by molar-refractivity contribution is -0.144. The van der Waals surface area contributed by atoms with Crippen LogP contribution in [0.3, 0.4) is 0 Å². The van der Waals surface area contributed by atoms with Gasteiger partial charge in [0, 0.05) is 5.56 Å². The van der Waals surface area contributed by atoms with Crippen molar-refractivity contribution in [3.05, 3.63) is 35.4 Å². The van der Waals surface area contributed by atoms with Gasteiger partial charge in [-0.15, -0.1) is 0 Å². The second-order valence-corrected chi connectivity index (χ2v) is 6.95. The second-order valence-electron chi connectivity index (χ2n) is 6.95. The molecule has 0 radical (unpaired) electrons. The Morgan fingerprint density at radius 2 is 2.27 bits per heavy atom. The summed E-state index contributed by atoms with van der Waals surface area (Å²) in [7, 11) is 1.61. The van der Waals surface area contributed by atoms with Crippen LogP contribution < -0.4 is 9.47 Å². The van der Waals surface area contributed by atoms with Crippen molar-refractivity contribution in [3.8, 4) is 11.5 Å². The number of benzene rings is 1. The minimum atomic E-state index is -0.978. The third-order valence-corrected chi connectivity index (χ3v) is 6.24. The van der Waals surface area contributed by atoms with Crippen LogP contribution in [-0.4, -0.2) is 29.7 Å². The first-order valence-corrected chi connectivity index (χ1v) is 7.94. The molecule has 1 heterocycles. The van der Waals surface area contributed by atoms with E-state index >= 15 is 0 Å². The van der Waals surface area contributed by atoms with E-state index in [1.54, 1.807) is 13.2 Å². The molecule has 4 aliphatic rings. The zero-order chi connectivity index (χ0) is 15.1. The van der Waals surface area contributed by atoms with Crippen LogP contribution in [0.2, 0.25) is 0 Å². The Morgan fingerprint density at radius 3 is 3.09 bits per heavy atom. The highest BCUT2D eigenvalue weighted by Gasteiger charge is 2.70. The van der Waals surface area contributed by atoms with E-state index in [1.807, 2.05) is 6.07 Å². The Hall–Kier alpha value is -1.81. The van der Waals surface area contributed by atoms with Crippen molar-refractivity contribution in [2.24, 2.45) is 5.92 Å². The van der Waals surface area contributed by atoms with Crippen LogP contribution in [0, 0.1) is 5.92 Å². The molecular weight excluding hydrogens is 280 g/mol. The molecule has 2 bridgehead atoms. The van der Waals surface area contributed by atoms with Crippen LogP contribution in [0.25, 0.3) is 0 Å². The molecule has 5 rings (SSSR count). The molecule has 1 spiro atoms. The van der Waals surface area contributed by atoms with Crippen LogP contribution in [0.15, 0.2) is 24.3 Å². The van der Waals surface area contributed by atoms with Crippen molar-refractivity contribution in [1.82, 2.24) is 0 Å². The number of carbonyl (C=O) groups is 1. The fourth-order valence-electron chi connectivity index (χ4n) is 5.37. The predicted octanol–water partition coefficient (Wildman–Crippen LogP) is 1.92. The van der Waals surface area contributed by atoms with E-state index in [0.717, 1.165) is 31.2 Å². The van der Waals surface area contributed by atoms with Crippen molar-refractivity contribution in [2.75, 3.05) is 7.11 Å². The van der Waals surface area contributed by atoms with Crippen LogP contribution in [-0.2, 0) is 16.6 Å². The van der Waals surface area contributed by atoms with Crippen molar-refractivity contribution >= 4 is 5.78 Å². The molecule has 4 heteroatoms. The first kappa shape index (κ1) is 12.7. The molecular formula is C18H18O4. The van der Waals surface area contributed by atoms with E-state index in [1.165, 1.54) is 11.6 Å². The summed E-state index contributed by atoms with van der Waals surface area (Å²) >= 11 is 0. The number of hydrogen-bond donors (Lipinski definition) is 1. The Kier molecular flexibility index (Phi) is 2.16. The molecule has 0 amide bonds. The van der Waals surface area contributed by atoms with E-state index < -0.39 is 17.1 Å². The molecule has 22 heavy (non-hydrogen) atoms. The molecule has 1 saturated carbocycles. The number of hydrogen-bond acceptors (Lipinski definition) is 4. The number of ether oxygens (including phenoxy) is 2. The molecule has 114 valence electrons. The molecule has 2 unspecified atom stereocenters. The van der Waals surface area contributed by atoms with Crippen LogP contribution in [0.1, 0.15) is 30.4 Å². The fourth-order valence-corrected chi connectivity index (χ4v) is 5.37. The van der Waals surface area contributed by atoms with E-state index in [0.29, 0.717) is 11.5 Å². The fraction of sp³-hybridized carbons (Fsp3) is 0.500. The van der Waals surface area contributed by atoms with Gasteiger partial charge in [-0.25, -0.2) is 0 Å².